The van der Waals surface area contributed by atoms with Crippen LogP contribution in [0.3, 0.4) is 0 Å². The highest BCUT2D eigenvalue weighted by Crippen LogP contribution is 2.25. The fourth-order valence-electron chi connectivity index (χ4n) is 3.53. The van der Waals surface area contributed by atoms with Crippen LogP contribution in [0.25, 0.3) is 10.2 Å². The summed E-state index contributed by atoms with van der Waals surface area (Å²) in [5.74, 6) is -0.627. The number of para-hydroxylation sites is 1. The van der Waals surface area contributed by atoms with Crippen molar-refractivity contribution < 1.29 is 18.1 Å². The molecule has 3 aromatic carbocycles. The van der Waals surface area contributed by atoms with Gasteiger partial charge in [0.2, 0.25) is 0 Å². The maximum absolute atomic E-state index is 13.2. The molecule has 1 amide bonds. The fraction of sp³-hybridized carbons (Fsp3) is 0.167. The van der Waals surface area contributed by atoms with Crippen molar-refractivity contribution in [2.75, 3.05) is 4.72 Å². The highest BCUT2D eigenvalue weighted by atomic mass is 32.2. The number of amides is 1. The molecule has 1 aromatic heterocycles. The van der Waals surface area contributed by atoms with Crippen LogP contribution in [-0.2, 0) is 16.6 Å². The summed E-state index contributed by atoms with van der Waals surface area (Å²) < 4.78 is 30.7. The summed E-state index contributed by atoms with van der Waals surface area (Å²) in [7, 11) is -3.92. The van der Waals surface area contributed by atoms with E-state index in [1.807, 2.05) is 18.4 Å². The minimum atomic E-state index is -3.92. The molecular formula is C24H22N4O5S2. The Morgan fingerprint density at radius 3 is 2.51 bits per heavy atom. The number of sulfonamides is 1. The van der Waals surface area contributed by atoms with E-state index in [1.54, 1.807) is 30.3 Å². The standard InChI is InChI=1S/C24H22N4O5S2/c1-3-14-27-21-13-10-17(28(30)31)15-22(21)34-24(27)25-23(29)19-6-4-5-7-20(19)26-35(32,33)18-11-8-16(2)9-12-18/h4-13,15,26H,3,14H2,1-2H3. The number of rotatable bonds is 7. The Kier molecular flexibility index (Phi) is 6.81. The van der Waals surface area contributed by atoms with Crippen molar-refractivity contribution in [2.24, 2.45) is 4.99 Å². The number of fused-ring (bicyclic) bond motifs is 1. The quantitative estimate of drug-likeness (QED) is 0.281. The number of hydrogen-bond donors (Lipinski definition) is 1. The molecule has 0 bridgehead atoms. The summed E-state index contributed by atoms with van der Waals surface area (Å²) in [6.07, 6.45) is 0.761. The number of carbonyl (C=O) groups excluding carboxylic acids is 1. The molecule has 0 aliphatic heterocycles. The first-order valence-corrected chi connectivity index (χ1v) is 13.0. The van der Waals surface area contributed by atoms with E-state index in [-0.39, 0.29) is 21.8 Å². The Labute approximate surface area is 205 Å². The predicted molar refractivity (Wildman–Crippen MR) is 135 cm³/mol. The Morgan fingerprint density at radius 2 is 1.83 bits per heavy atom. The van der Waals surface area contributed by atoms with Crippen LogP contribution < -0.4 is 9.52 Å². The number of nitrogens with zero attached hydrogens (tertiary/aromatic N) is 3. The van der Waals surface area contributed by atoms with Crippen LogP contribution in [0, 0.1) is 17.0 Å². The number of benzene rings is 3. The summed E-state index contributed by atoms with van der Waals surface area (Å²) in [6, 6.07) is 17.2. The van der Waals surface area contributed by atoms with Crippen LogP contribution >= 0.6 is 11.3 Å². The van der Waals surface area contributed by atoms with E-state index in [0.29, 0.717) is 16.0 Å². The van der Waals surface area contributed by atoms with Crippen LogP contribution in [0.4, 0.5) is 11.4 Å². The molecule has 0 fully saturated rings. The van der Waals surface area contributed by atoms with Crippen molar-refractivity contribution in [3.63, 3.8) is 0 Å². The van der Waals surface area contributed by atoms with Gasteiger partial charge in [0.1, 0.15) is 0 Å². The van der Waals surface area contributed by atoms with Crippen molar-refractivity contribution in [3.05, 3.63) is 92.8 Å². The molecule has 9 nitrogen and oxygen atoms in total. The van der Waals surface area contributed by atoms with Gasteiger partial charge in [-0.25, -0.2) is 8.42 Å². The number of nitro groups is 1. The van der Waals surface area contributed by atoms with Crippen LogP contribution in [-0.4, -0.2) is 23.8 Å². The van der Waals surface area contributed by atoms with E-state index in [4.69, 9.17) is 0 Å². The molecule has 11 heteroatoms. The molecule has 1 heterocycles. The molecule has 0 aliphatic rings. The van der Waals surface area contributed by atoms with Crippen LogP contribution in [0.1, 0.15) is 29.3 Å². The number of thiazole rings is 1. The summed E-state index contributed by atoms with van der Waals surface area (Å²) in [5.41, 5.74) is 1.82. The number of hydrogen-bond acceptors (Lipinski definition) is 6. The molecule has 0 atom stereocenters. The minimum Gasteiger partial charge on any atom is -0.316 e. The smallest absolute Gasteiger partial charge is 0.281 e. The SMILES string of the molecule is CCCn1c(=NC(=O)c2ccccc2NS(=O)(=O)c2ccc(C)cc2)sc2cc([N+](=O)[O-])ccc21. The molecular weight excluding hydrogens is 488 g/mol. The lowest BCUT2D eigenvalue weighted by Crippen LogP contribution is -2.18. The molecule has 0 spiro atoms. The van der Waals surface area contributed by atoms with Crippen LogP contribution in [0.5, 0.6) is 0 Å². The van der Waals surface area contributed by atoms with Crippen LogP contribution in [0.15, 0.2) is 76.6 Å². The molecule has 0 radical (unpaired) electrons. The van der Waals surface area contributed by atoms with Gasteiger partial charge in [-0.2, -0.15) is 4.99 Å². The summed E-state index contributed by atoms with van der Waals surface area (Å²) in [5, 5.41) is 11.2. The summed E-state index contributed by atoms with van der Waals surface area (Å²) in [4.78, 5) is 28.6. The molecule has 0 saturated heterocycles. The first kappa shape index (κ1) is 24.3. The van der Waals surface area contributed by atoms with Gasteiger partial charge in [-0.05, 0) is 43.7 Å². The van der Waals surface area contributed by atoms with E-state index >= 15 is 0 Å². The number of non-ortho nitro benzene ring substituents is 1. The number of aromatic nitrogens is 1. The van der Waals surface area contributed by atoms with Gasteiger partial charge in [0.05, 0.1) is 31.3 Å². The van der Waals surface area contributed by atoms with E-state index in [0.717, 1.165) is 17.5 Å². The third kappa shape index (κ3) is 5.15. The highest BCUT2D eigenvalue weighted by molar-refractivity contribution is 7.92. The highest BCUT2D eigenvalue weighted by Gasteiger charge is 2.19. The van der Waals surface area contributed by atoms with E-state index in [1.165, 1.54) is 47.7 Å². The zero-order valence-corrected chi connectivity index (χ0v) is 20.6. The third-order valence-electron chi connectivity index (χ3n) is 5.25. The Bertz CT molecular complexity index is 1600. The fourth-order valence-corrected chi connectivity index (χ4v) is 5.69. The van der Waals surface area contributed by atoms with Gasteiger partial charge < -0.3 is 4.57 Å². The van der Waals surface area contributed by atoms with Crippen LogP contribution in [0.2, 0.25) is 0 Å². The molecule has 35 heavy (non-hydrogen) atoms. The van der Waals surface area contributed by atoms with Crippen molar-refractivity contribution in [2.45, 2.75) is 31.7 Å². The average molecular weight is 511 g/mol. The van der Waals surface area contributed by atoms with E-state index in [9.17, 15) is 23.3 Å². The summed E-state index contributed by atoms with van der Waals surface area (Å²) in [6.45, 7) is 4.39. The van der Waals surface area contributed by atoms with E-state index in [2.05, 4.69) is 9.71 Å². The number of nitro benzene ring substituents is 1. The summed E-state index contributed by atoms with van der Waals surface area (Å²) >= 11 is 1.17. The first-order chi connectivity index (χ1) is 16.7. The second-order valence-corrected chi connectivity index (χ2v) is 10.5. The van der Waals surface area contributed by atoms with Gasteiger partial charge in [-0.15, -0.1) is 0 Å². The zero-order valence-electron chi connectivity index (χ0n) is 19.0. The predicted octanol–water partition coefficient (Wildman–Crippen LogP) is 4.87. The van der Waals surface area contributed by atoms with Gasteiger partial charge >= 0.3 is 0 Å². The van der Waals surface area contributed by atoms with Gasteiger partial charge in [0.15, 0.2) is 4.80 Å². The Morgan fingerprint density at radius 1 is 1.11 bits per heavy atom. The van der Waals surface area contributed by atoms with Crippen molar-refractivity contribution in [3.8, 4) is 0 Å². The molecule has 0 saturated carbocycles. The number of carbonyl (C=O) groups is 1. The molecule has 4 rings (SSSR count). The lowest BCUT2D eigenvalue weighted by atomic mass is 10.2. The van der Waals surface area contributed by atoms with Gasteiger partial charge in [-0.3, -0.25) is 19.6 Å². The number of anilines is 1. The van der Waals surface area contributed by atoms with Crippen molar-refractivity contribution >= 4 is 48.9 Å². The first-order valence-electron chi connectivity index (χ1n) is 10.7. The molecule has 0 unspecified atom stereocenters. The van der Waals surface area contributed by atoms with Crippen molar-refractivity contribution in [1.82, 2.24) is 4.57 Å². The van der Waals surface area contributed by atoms with Gasteiger partial charge in [-0.1, -0.05) is 48.1 Å². The molecule has 0 aliphatic carbocycles. The number of aryl methyl sites for hydroxylation is 2. The largest absolute Gasteiger partial charge is 0.316 e. The maximum Gasteiger partial charge on any atom is 0.281 e. The van der Waals surface area contributed by atoms with Crippen molar-refractivity contribution in [1.29, 1.82) is 0 Å². The van der Waals surface area contributed by atoms with Gasteiger partial charge in [0.25, 0.3) is 21.6 Å². The third-order valence-corrected chi connectivity index (χ3v) is 7.68. The zero-order chi connectivity index (χ0) is 25.2. The van der Waals surface area contributed by atoms with Gasteiger partial charge in [0, 0.05) is 18.7 Å². The van der Waals surface area contributed by atoms with E-state index < -0.39 is 20.9 Å². The normalized spacial score (nSPS) is 12.1. The average Bonchev–Trinajstić information content (AvgIpc) is 3.15. The second kappa shape index (κ2) is 9.80. The number of nitrogens with one attached hydrogen (secondary N) is 1. The lowest BCUT2D eigenvalue weighted by molar-refractivity contribution is -0.384. The Hall–Kier alpha value is -3.83. The lowest BCUT2D eigenvalue weighted by Gasteiger charge is -2.11. The second-order valence-electron chi connectivity index (χ2n) is 7.83. The Balaban J connectivity index is 1.75. The maximum atomic E-state index is 13.2. The molecule has 180 valence electrons. The minimum absolute atomic E-state index is 0.0452. The molecule has 4 aromatic rings. The molecule has 1 N–H and O–H groups in total. The monoisotopic (exact) mass is 510 g/mol. The topological polar surface area (TPSA) is 124 Å².